The highest BCUT2D eigenvalue weighted by molar-refractivity contribution is 7.99. The van der Waals surface area contributed by atoms with Crippen molar-refractivity contribution in [2.45, 2.75) is 0 Å². The Morgan fingerprint density at radius 3 is 2.47 bits per heavy atom. The van der Waals surface area contributed by atoms with E-state index in [9.17, 15) is 5.41 Å². The zero-order valence-electron chi connectivity index (χ0n) is 8.52. The molecule has 0 unspecified atom stereocenters. The second-order valence-electron chi connectivity index (χ2n) is 3.43. The number of thioether (sulfide) groups is 1. The topological polar surface area (TPSA) is 25.5 Å². The van der Waals surface area contributed by atoms with Gasteiger partial charge in [-0.05, 0) is 0 Å². The van der Waals surface area contributed by atoms with Crippen molar-refractivity contribution in [3.63, 3.8) is 0 Å². The van der Waals surface area contributed by atoms with Gasteiger partial charge in [0, 0.05) is 30.2 Å². The lowest BCUT2D eigenvalue weighted by molar-refractivity contribution is 0.443. The summed E-state index contributed by atoms with van der Waals surface area (Å²) in [5.74, 6) is 4.57. The van der Waals surface area contributed by atoms with E-state index in [4.69, 9.17) is 0 Å². The smallest absolute Gasteiger partial charge is 0.0639 e. The van der Waals surface area contributed by atoms with Gasteiger partial charge in [0.15, 0.2) is 0 Å². The summed E-state index contributed by atoms with van der Waals surface area (Å²) in [6.45, 7) is 1.98. The summed E-state index contributed by atoms with van der Waals surface area (Å²) in [5.41, 5.74) is 1.85. The quantitative estimate of drug-likeness (QED) is 0.710. The third kappa shape index (κ3) is 2.44. The summed E-state index contributed by atoms with van der Waals surface area (Å²) < 4.78 is 0. The van der Waals surface area contributed by atoms with Gasteiger partial charge in [0.2, 0.25) is 0 Å². The number of rotatable bonds is 2. The summed E-state index contributed by atoms with van der Waals surface area (Å²) in [6, 6.07) is 9.93. The van der Waals surface area contributed by atoms with Crippen LogP contribution in [0.1, 0.15) is 5.56 Å². The largest absolute Gasteiger partial charge is 0.762 e. The number of hydrogen-bond donors (Lipinski definition) is 0. The van der Waals surface area contributed by atoms with Crippen LogP contribution in [-0.2, 0) is 0 Å². The summed E-state index contributed by atoms with van der Waals surface area (Å²) in [5, 5.41) is 9.20. The molecule has 0 amide bonds. The minimum absolute atomic E-state index is 0.816. The van der Waals surface area contributed by atoms with E-state index in [1.165, 1.54) is 0 Å². The molecule has 0 aliphatic carbocycles. The summed E-state index contributed by atoms with van der Waals surface area (Å²) in [4.78, 5) is 2.19. The maximum Gasteiger partial charge on any atom is 0.0639 e. The lowest BCUT2D eigenvalue weighted by atomic mass is 10.1. The van der Waals surface area contributed by atoms with E-state index in [1.54, 1.807) is 0 Å². The maximum absolute atomic E-state index is 9.20. The van der Waals surface area contributed by atoms with E-state index in [-0.39, 0.29) is 0 Å². The highest BCUT2D eigenvalue weighted by Gasteiger charge is 2.13. The van der Waals surface area contributed by atoms with Crippen molar-refractivity contribution in [1.29, 1.82) is 0 Å². The second-order valence-corrected chi connectivity index (χ2v) is 4.65. The van der Waals surface area contributed by atoms with Crippen LogP contribution in [0.15, 0.2) is 30.3 Å². The van der Waals surface area contributed by atoms with E-state index >= 15 is 0 Å². The molecular weight excluding hydrogens is 204 g/mol. The summed E-state index contributed by atoms with van der Waals surface area (Å²) in [6.07, 6.45) is 0. The van der Waals surface area contributed by atoms with Crippen molar-refractivity contribution in [1.82, 2.24) is 4.90 Å². The molecule has 1 aliphatic heterocycles. The predicted molar refractivity (Wildman–Crippen MR) is 67.1 cm³/mol. The van der Waals surface area contributed by atoms with Crippen LogP contribution >= 0.6 is 11.8 Å². The predicted octanol–water partition coefficient (Wildman–Crippen LogP) is 2.32. The van der Waals surface area contributed by atoms with Gasteiger partial charge in [-0.15, -0.1) is 0 Å². The first kappa shape index (κ1) is 10.3. The standard InChI is InChI=1S/C12H13N2S/c13-10-12(11-4-2-1-3-5-11)14-6-8-15-9-7-14/h1-5H,6-9H2/q-1. The molecule has 0 radical (unpaired) electrons. The molecule has 1 aromatic carbocycles. The fraction of sp³-hybridized carbons (Fsp3) is 0.333. The Morgan fingerprint density at radius 1 is 1.20 bits per heavy atom. The molecule has 2 rings (SSSR count). The third-order valence-corrected chi connectivity index (χ3v) is 3.42. The lowest BCUT2D eigenvalue weighted by Gasteiger charge is -2.30. The molecule has 0 spiro atoms. The van der Waals surface area contributed by atoms with Crippen LogP contribution in [0.4, 0.5) is 0 Å². The maximum atomic E-state index is 9.20. The van der Waals surface area contributed by atoms with Crippen LogP contribution in [0.2, 0.25) is 0 Å². The molecule has 0 saturated carbocycles. The highest BCUT2D eigenvalue weighted by atomic mass is 32.2. The fourth-order valence-corrected chi connectivity index (χ4v) is 2.60. The van der Waals surface area contributed by atoms with E-state index in [1.807, 2.05) is 42.1 Å². The van der Waals surface area contributed by atoms with Crippen LogP contribution in [0.5, 0.6) is 0 Å². The monoisotopic (exact) mass is 217 g/mol. The van der Waals surface area contributed by atoms with Crippen LogP contribution in [0.25, 0.3) is 11.1 Å². The van der Waals surface area contributed by atoms with Gasteiger partial charge < -0.3 is 10.3 Å². The Bertz CT molecular complexity index is 362. The van der Waals surface area contributed by atoms with Gasteiger partial charge in [0.1, 0.15) is 0 Å². The average molecular weight is 217 g/mol. The summed E-state index contributed by atoms with van der Waals surface area (Å²) >= 11 is 1.96. The number of nitrogens with zero attached hydrogens (tertiary/aromatic N) is 2. The fourth-order valence-electron chi connectivity index (χ4n) is 1.70. The minimum Gasteiger partial charge on any atom is -0.762 e. The van der Waals surface area contributed by atoms with Crippen molar-refractivity contribution < 1.29 is 0 Å². The molecule has 1 aromatic rings. The SMILES string of the molecule is [N-]=C=C(c1ccccc1)N1CCSCC1. The average Bonchev–Trinajstić information content (AvgIpc) is 2.33. The second kappa shape index (κ2) is 5.06. The zero-order valence-corrected chi connectivity index (χ0v) is 9.33. The number of hydrogen-bond acceptors (Lipinski definition) is 2. The molecule has 0 N–H and O–H groups in total. The molecule has 0 bridgehead atoms. The Kier molecular flexibility index (Phi) is 3.49. The van der Waals surface area contributed by atoms with Crippen LogP contribution in [0, 0.1) is 0 Å². The van der Waals surface area contributed by atoms with Crippen LogP contribution in [0.3, 0.4) is 0 Å². The molecular formula is C12H13N2S-. The van der Waals surface area contributed by atoms with Crippen molar-refractivity contribution in [2.24, 2.45) is 0 Å². The molecule has 1 aliphatic rings. The van der Waals surface area contributed by atoms with E-state index < -0.39 is 0 Å². The molecule has 0 atom stereocenters. The first-order valence-corrected chi connectivity index (χ1v) is 6.22. The molecule has 1 fully saturated rings. The molecule has 15 heavy (non-hydrogen) atoms. The molecule has 3 heteroatoms. The first-order valence-electron chi connectivity index (χ1n) is 5.07. The van der Waals surface area contributed by atoms with Crippen molar-refractivity contribution >= 4 is 23.3 Å². The molecule has 78 valence electrons. The Morgan fingerprint density at radius 2 is 1.87 bits per heavy atom. The third-order valence-electron chi connectivity index (χ3n) is 2.48. The Labute approximate surface area is 94.5 Å². The van der Waals surface area contributed by atoms with Crippen LogP contribution in [-0.4, -0.2) is 35.4 Å². The van der Waals surface area contributed by atoms with Gasteiger partial charge in [-0.1, -0.05) is 30.3 Å². The van der Waals surface area contributed by atoms with Gasteiger partial charge in [-0.25, -0.2) is 5.87 Å². The van der Waals surface area contributed by atoms with Gasteiger partial charge >= 0.3 is 0 Å². The van der Waals surface area contributed by atoms with Gasteiger partial charge in [-0.3, -0.25) is 0 Å². The zero-order chi connectivity index (χ0) is 10.5. The minimum atomic E-state index is 0.816. The molecule has 0 aromatic heterocycles. The molecule has 2 nitrogen and oxygen atoms in total. The first-order chi connectivity index (χ1) is 7.42. The van der Waals surface area contributed by atoms with Gasteiger partial charge in [-0.2, -0.15) is 11.8 Å². The lowest BCUT2D eigenvalue weighted by Crippen LogP contribution is -2.31. The highest BCUT2D eigenvalue weighted by Crippen LogP contribution is 2.20. The van der Waals surface area contributed by atoms with Crippen molar-refractivity contribution in [2.75, 3.05) is 24.6 Å². The molecule has 1 saturated heterocycles. The normalized spacial score (nSPS) is 15.9. The van der Waals surface area contributed by atoms with Crippen molar-refractivity contribution in [3.05, 3.63) is 41.3 Å². The van der Waals surface area contributed by atoms with Gasteiger partial charge in [0.25, 0.3) is 0 Å². The van der Waals surface area contributed by atoms with E-state index in [2.05, 4.69) is 10.8 Å². The summed E-state index contributed by atoms with van der Waals surface area (Å²) in [7, 11) is 0. The Hall–Kier alpha value is -1.18. The number of benzene rings is 1. The van der Waals surface area contributed by atoms with E-state index in [0.717, 1.165) is 35.9 Å². The van der Waals surface area contributed by atoms with Crippen LogP contribution < -0.4 is 0 Å². The Balaban J connectivity index is 2.21. The van der Waals surface area contributed by atoms with Gasteiger partial charge in [0.05, 0.1) is 5.70 Å². The molecule has 1 heterocycles. The van der Waals surface area contributed by atoms with Crippen molar-refractivity contribution in [3.8, 4) is 0 Å². The van der Waals surface area contributed by atoms with E-state index in [0.29, 0.717) is 0 Å².